The summed E-state index contributed by atoms with van der Waals surface area (Å²) in [5, 5.41) is 20.5. The summed E-state index contributed by atoms with van der Waals surface area (Å²) in [4.78, 5) is 11.8. The number of hydrogen-bond acceptors (Lipinski definition) is 4. The van der Waals surface area contributed by atoms with Crippen LogP contribution in [0.1, 0.15) is 25.8 Å². The van der Waals surface area contributed by atoms with Crippen molar-refractivity contribution >= 4 is 5.91 Å². The van der Waals surface area contributed by atoms with Crippen molar-refractivity contribution in [3.63, 3.8) is 0 Å². The highest BCUT2D eigenvalue weighted by Gasteiger charge is 2.17. The van der Waals surface area contributed by atoms with Crippen LogP contribution in [0.4, 0.5) is 0 Å². The van der Waals surface area contributed by atoms with Gasteiger partial charge in [-0.3, -0.25) is 4.79 Å². The molecule has 1 aromatic carbocycles. The quantitative estimate of drug-likeness (QED) is 0.807. The lowest BCUT2D eigenvalue weighted by Crippen LogP contribution is -2.43. The number of carbonyl (C=O) groups excluding carboxylic acids is 1. The molecule has 5 nitrogen and oxygen atoms in total. The molecule has 0 fully saturated rings. The van der Waals surface area contributed by atoms with E-state index in [-0.39, 0.29) is 18.6 Å². The zero-order chi connectivity index (χ0) is 14.3. The first-order valence-electron chi connectivity index (χ1n) is 6.18. The second-order valence-corrected chi connectivity index (χ2v) is 4.20. The van der Waals surface area contributed by atoms with Gasteiger partial charge in [0.1, 0.15) is 5.75 Å². The van der Waals surface area contributed by atoms with E-state index in [2.05, 4.69) is 5.32 Å². The van der Waals surface area contributed by atoms with Gasteiger partial charge in [-0.05, 0) is 31.5 Å². The Bertz CT molecular complexity index is 464. The van der Waals surface area contributed by atoms with Gasteiger partial charge in [-0.25, -0.2) is 0 Å². The van der Waals surface area contributed by atoms with Crippen LogP contribution in [0.25, 0.3) is 0 Å². The Balaban J connectivity index is 2.61. The fourth-order valence-electron chi connectivity index (χ4n) is 1.49. The van der Waals surface area contributed by atoms with E-state index in [9.17, 15) is 4.79 Å². The lowest BCUT2D eigenvalue weighted by atomic mass is 10.2. The number of amides is 1. The number of hydrogen-bond donors (Lipinski definition) is 2. The van der Waals surface area contributed by atoms with Crippen LogP contribution < -0.4 is 10.1 Å². The zero-order valence-electron chi connectivity index (χ0n) is 11.1. The van der Waals surface area contributed by atoms with E-state index in [1.165, 1.54) is 0 Å². The number of rotatable bonds is 6. The van der Waals surface area contributed by atoms with E-state index >= 15 is 0 Å². The summed E-state index contributed by atoms with van der Waals surface area (Å²) in [6.07, 6.45) is -0.0339. The summed E-state index contributed by atoms with van der Waals surface area (Å²) in [5.74, 6) is 0.182. The molecule has 0 aliphatic carbocycles. The monoisotopic (exact) mass is 262 g/mol. The fraction of sp³-hybridized carbons (Fsp3) is 0.429. The molecule has 0 saturated heterocycles. The van der Waals surface area contributed by atoms with E-state index in [0.717, 1.165) is 0 Å². The third-order valence-corrected chi connectivity index (χ3v) is 2.70. The third kappa shape index (κ3) is 4.60. The van der Waals surface area contributed by atoms with E-state index < -0.39 is 6.10 Å². The molecular weight excluding hydrogens is 244 g/mol. The number of aliphatic hydroxyl groups is 1. The second-order valence-electron chi connectivity index (χ2n) is 4.20. The van der Waals surface area contributed by atoms with Crippen molar-refractivity contribution in [2.24, 2.45) is 0 Å². The normalized spacial score (nSPS) is 13.2. The van der Waals surface area contributed by atoms with E-state index in [1.807, 2.05) is 13.0 Å². The maximum Gasteiger partial charge on any atom is 0.261 e. The number of aliphatic hydroxyl groups excluding tert-OH is 1. The Morgan fingerprint density at radius 3 is 2.89 bits per heavy atom. The minimum Gasteiger partial charge on any atom is -0.481 e. The first kappa shape index (κ1) is 15.0. The minimum atomic E-state index is -0.686. The van der Waals surface area contributed by atoms with Crippen molar-refractivity contribution in [2.75, 3.05) is 6.61 Å². The van der Waals surface area contributed by atoms with Gasteiger partial charge in [0.05, 0.1) is 24.3 Å². The van der Waals surface area contributed by atoms with Crippen LogP contribution in [0.15, 0.2) is 24.3 Å². The summed E-state index contributed by atoms with van der Waals surface area (Å²) in [7, 11) is 0. The van der Waals surface area contributed by atoms with Gasteiger partial charge in [0.15, 0.2) is 6.10 Å². The van der Waals surface area contributed by atoms with E-state index in [0.29, 0.717) is 17.7 Å². The number of benzene rings is 1. The molecule has 0 aliphatic heterocycles. The Kier molecular flexibility index (Phi) is 5.83. The molecular formula is C14H18N2O3. The summed E-state index contributed by atoms with van der Waals surface area (Å²) in [5.41, 5.74) is 0.479. The first-order valence-corrected chi connectivity index (χ1v) is 6.18. The van der Waals surface area contributed by atoms with Gasteiger partial charge in [-0.15, -0.1) is 0 Å². The van der Waals surface area contributed by atoms with Crippen molar-refractivity contribution in [3.8, 4) is 11.8 Å². The SMILES string of the molecule is CCC(CO)NC(=O)C(C)Oc1cccc(C#N)c1. The van der Waals surface area contributed by atoms with Crippen LogP contribution in [0.2, 0.25) is 0 Å². The molecule has 19 heavy (non-hydrogen) atoms. The van der Waals surface area contributed by atoms with Crippen LogP contribution in [0.5, 0.6) is 5.75 Å². The predicted molar refractivity (Wildman–Crippen MR) is 70.6 cm³/mol. The molecule has 2 N–H and O–H groups in total. The van der Waals surface area contributed by atoms with Crippen molar-refractivity contribution < 1.29 is 14.6 Å². The molecule has 1 amide bonds. The summed E-state index contributed by atoms with van der Waals surface area (Å²) in [6.45, 7) is 3.40. The Morgan fingerprint density at radius 2 is 2.32 bits per heavy atom. The van der Waals surface area contributed by atoms with Crippen LogP contribution in [-0.2, 0) is 4.79 Å². The molecule has 2 atom stereocenters. The summed E-state index contributed by atoms with van der Waals surface area (Å²) >= 11 is 0. The van der Waals surface area contributed by atoms with Crippen molar-refractivity contribution in [1.82, 2.24) is 5.32 Å². The van der Waals surface area contributed by atoms with Gasteiger partial charge in [-0.1, -0.05) is 13.0 Å². The topological polar surface area (TPSA) is 82.3 Å². The smallest absolute Gasteiger partial charge is 0.261 e. The highest BCUT2D eigenvalue weighted by Crippen LogP contribution is 2.14. The fourth-order valence-corrected chi connectivity index (χ4v) is 1.49. The highest BCUT2D eigenvalue weighted by molar-refractivity contribution is 5.81. The van der Waals surface area contributed by atoms with Crippen LogP contribution in [0, 0.1) is 11.3 Å². The molecule has 0 saturated carbocycles. The van der Waals surface area contributed by atoms with Gasteiger partial charge in [0.25, 0.3) is 5.91 Å². The van der Waals surface area contributed by atoms with Crippen LogP contribution >= 0.6 is 0 Å². The van der Waals surface area contributed by atoms with Gasteiger partial charge in [0, 0.05) is 0 Å². The molecule has 0 heterocycles. The molecule has 5 heteroatoms. The average Bonchev–Trinajstić information content (AvgIpc) is 2.44. The Labute approximate surface area is 112 Å². The lowest BCUT2D eigenvalue weighted by Gasteiger charge is -2.19. The molecule has 0 spiro atoms. The van der Waals surface area contributed by atoms with E-state index in [1.54, 1.807) is 31.2 Å². The number of nitriles is 1. The zero-order valence-corrected chi connectivity index (χ0v) is 11.1. The van der Waals surface area contributed by atoms with Crippen LogP contribution in [-0.4, -0.2) is 29.8 Å². The van der Waals surface area contributed by atoms with E-state index in [4.69, 9.17) is 15.1 Å². The standard InChI is InChI=1S/C14H18N2O3/c1-3-12(9-17)16-14(18)10(2)19-13-6-4-5-11(7-13)8-15/h4-7,10,12,17H,3,9H2,1-2H3,(H,16,18). The predicted octanol–water partition coefficient (Wildman–Crippen LogP) is 1.21. The Hall–Kier alpha value is -2.06. The van der Waals surface area contributed by atoms with Gasteiger partial charge in [0.2, 0.25) is 0 Å². The summed E-state index contributed by atoms with van der Waals surface area (Å²) < 4.78 is 5.46. The van der Waals surface area contributed by atoms with Crippen molar-refractivity contribution in [1.29, 1.82) is 5.26 Å². The molecule has 2 unspecified atom stereocenters. The number of nitrogens with zero attached hydrogens (tertiary/aromatic N) is 1. The van der Waals surface area contributed by atoms with Crippen molar-refractivity contribution in [2.45, 2.75) is 32.4 Å². The maximum absolute atomic E-state index is 11.8. The van der Waals surface area contributed by atoms with Gasteiger partial charge >= 0.3 is 0 Å². The molecule has 0 radical (unpaired) electrons. The molecule has 102 valence electrons. The molecule has 1 rings (SSSR count). The molecule has 1 aromatic rings. The van der Waals surface area contributed by atoms with Crippen molar-refractivity contribution in [3.05, 3.63) is 29.8 Å². The highest BCUT2D eigenvalue weighted by atomic mass is 16.5. The lowest BCUT2D eigenvalue weighted by molar-refractivity contribution is -0.128. The summed E-state index contributed by atoms with van der Waals surface area (Å²) in [6, 6.07) is 8.37. The van der Waals surface area contributed by atoms with Gasteiger partial charge in [-0.2, -0.15) is 5.26 Å². The number of nitrogens with one attached hydrogen (secondary N) is 1. The maximum atomic E-state index is 11.8. The molecule has 0 aliphatic rings. The molecule has 0 aromatic heterocycles. The third-order valence-electron chi connectivity index (χ3n) is 2.70. The number of ether oxygens (including phenoxy) is 1. The second kappa shape index (κ2) is 7.39. The molecule has 0 bridgehead atoms. The van der Waals surface area contributed by atoms with Gasteiger partial charge < -0.3 is 15.2 Å². The average molecular weight is 262 g/mol. The Morgan fingerprint density at radius 1 is 1.58 bits per heavy atom. The number of carbonyl (C=O) groups is 1. The van der Waals surface area contributed by atoms with Crippen LogP contribution in [0.3, 0.4) is 0 Å². The largest absolute Gasteiger partial charge is 0.481 e. The minimum absolute atomic E-state index is 0.0983. The first-order chi connectivity index (χ1) is 9.10.